The number of aryl methyl sites for hydroxylation is 1. The van der Waals surface area contributed by atoms with Crippen molar-refractivity contribution in [3.05, 3.63) is 16.1 Å². The van der Waals surface area contributed by atoms with Crippen molar-refractivity contribution in [3.63, 3.8) is 0 Å². The van der Waals surface area contributed by atoms with Crippen molar-refractivity contribution in [1.29, 1.82) is 0 Å². The Morgan fingerprint density at radius 3 is 2.92 bits per heavy atom. The van der Waals surface area contributed by atoms with Gasteiger partial charge in [-0.15, -0.1) is 11.3 Å². The molecule has 0 fully saturated rings. The van der Waals surface area contributed by atoms with E-state index in [-0.39, 0.29) is 0 Å². The molecule has 0 aliphatic rings. The van der Waals surface area contributed by atoms with Gasteiger partial charge >= 0.3 is 6.01 Å². The molecule has 0 saturated carbocycles. The van der Waals surface area contributed by atoms with Gasteiger partial charge in [-0.2, -0.15) is 9.97 Å². The largest absolute Gasteiger partial charge is 0.467 e. The molecule has 2 aromatic rings. The van der Waals surface area contributed by atoms with E-state index in [4.69, 9.17) is 16.3 Å². The Labute approximate surface area is 84.3 Å². The van der Waals surface area contributed by atoms with Crippen molar-refractivity contribution in [1.82, 2.24) is 9.97 Å². The van der Waals surface area contributed by atoms with Crippen LogP contribution in [0.1, 0.15) is 4.88 Å². The molecule has 0 aromatic carbocycles. The number of rotatable bonds is 1. The number of fused-ring (bicyclic) bond motifs is 1. The third-order valence-corrected chi connectivity index (χ3v) is 2.86. The number of ether oxygens (including phenoxy) is 1. The summed E-state index contributed by atoms with van der Waals surface area (Å²) >= 11 is 7.51. The second kappa shape index (κ2) is 3.12. The first-order valence-corrected chi connectivity index (χ1v) is 4.88. The summed E-state index contributed by atoms with van der Waals surface area (Å²) in [6.45, 7) is 2.01. The average molecular weight is 215 g/mol. The first-order valence-electron chi connectivity index (χ1n) is 3.68. The summed E-state index contributed by atoms with van der Waals surface area (Å²) in [6, 6.07) is 2.29. The minimum Gasteiger partial charge on any atom is -0.467 e. The maximum absolute atomic E-state index is 5.93. The average Bonchev–Trinajstić information content (AvgIpc) is 2.46. The van der Waals surface area contributed by atoms with E-state index in [1.807, 2.05) is 13.0 Å². The first-order chi connectivity index (χ1) is 6.20. The van der Waals surface area contributed by atoms with Crippen LogP contribution in [0.2, 0.25) is 5.15 Å². The molecule has 2 rings (SSSR count). The van der Waals surface area contributed by atoms with E-state index in [1.54, 1.807) is 11.3 Å². The van der Waals surface area contributed by atoms with E-state index in [9.17, 15) is 0 Å². The molecule has 0 saturated heterocycles. The highest BCUT2D eigenvalue weighted by Crippen LogP contribution is 2.29. The van der Waals surface area contributed by atoms with Crippen LogP contribution in [0.25, 0.3) is 10.2 Å². The van der Waals surface area contributed by atoms with Gasteiger partial charge in [-0.05, 0) is 13.0 Å². The number of aromatic nitrogens is 2. The monoisotopic (exact) mass is 214 g/mol. The van der Waals surface area contributed by atoms with Crippen LogP contribution in [0, 0.1) is 6.92 Å². The molecule has 13 heavy (non-hydrogen) atoms. The highest BCUT2D eigenvalue weighted by molar-refractivity contribution is 7.18. The van der Waals surface area contributed by atoms with E-state index in [2.05, 4.69) is 9.97 Å². The van der Waals surface area contributed by atoms with Crippen molar-refractivity contribution < 1.29 is 4.74 Å². The summed E-state index contributed by atoms with van der Waals surface area (Å²) in [6.07, 6.45) is 0. The normalized spacial score (nSPS) is 10.7. The van der Waals surface area contributed by atoms with Crippen molar-refractivity contribution in [2.45, 2.75) is 6.92 Å². The molecule has 5 heteroatoms. The molecule has 2 heterocycles. The number of nitrogens with zero attached hydrogens (tertiary/aromatic N) is 2. The zero-order valence-electron chi connectivity index (χ0n) is 7.17. The van der Waals surface area contributed by atoms with Crippen LogP contribution in [0.5, 0.6) is 6.01 Å². The van der Waals surface area contributed by atoms with E-state index in [0.717, 1.165) is 10.2 Å². The second-order valence-corrected chi connectivity index (χ2v) is 4.17. The molecule has 0 bridgehead atoms. The summed E-state index contributed by atoms with van der Waals surface area (Å²) in [5, 5.41) is 1.34. The third kappa shape index (κ3) is 1.47. The molecule has 0 unspecified atom stereocenters. The van der Waals surface area contributed by atoms with Gasteiger partial charge in [0.25, 0.3) is 0 Å². The molecule has 0 atom stereocenters. The number of halogens is 1. The Kier molecular flexibility index (Phi) is 2.09. The predicted octanol–water partition coefficient (Wildman–Crippen LogP) is 2.66. The molecule has 0 amide bonds. The number of hydrogen-bond donors (Lipinski definition) is 0. The van der Waals surface area contributed by atoms with Gasteiger partial charge in [0.2, 0.25) is 0 Å². The topological polar surface area (TPSA) is 35.0 Å². The van der Waals surface area contributed by atoms with Crippen LogP contribution in [0.15, 0.2) is 6.07 Å². The van der Waals surface area contributed by atoms with E-state index < -0.39 is 0 Å². The van der Waals surface area contributed by atoms with Gasteiger partial charge in [0.15, 0.2) is 0 Å². The van der Waals surface area contributed by atoms with Gasteiger partial charge in [-0.3, -0.25) is 0 Å². The summed E-state index contributed by atoms with van der Waals surface area (Å²) in [5.41, 5.74) is 0. The highest BCUT2D eigenvalue weighted by atomic mass is 35.5. The Morgan fingerprint density at radius 1 is 1.46 bits per heavy atom. The van der Waals surface area contributed by atoms with Crippen LogP contribution >= 0.6 is 22.9 Å². The minimum atomic E-state index is 0.319. The third-order valence-electron chi connectivity index (χ3n) is 1.63. The fourth-order valence-corrected chi connectivity index (χ4v) is 2.22. The lowest BCUT2D eigenvalue weighted by molar-refractivity contribution is 0.382. The van der Waals surface area contributed by atoms with Crippen LogP contribution in [-0.2, 0) is 0 Å². The zero-order valence-corrected chi connectivity index (χ0v) is 8.74. The molecule has 0 radical (unpaired) electrons. The maximum Gasteiger partial charge on any atom is 0.318 e. The van der Waals surface area contributed by atoms with Crippen molar-refractivity contribution >= 4 is 33.2 Å². The Balaban J connectivity index is 2.75. The molecular weight excluding hydrogens is 208 g/mol. The SMILES string of the molecule is COc1nc(Cl)c2cc(C)sc2n1. The van der Waals surface area contributed by atoms with Gasteiger partial charge in [0.05, 0.1) is 7.11 Å². The Hall–Kier alpha value is -0.870. The van der Waals surface area contributed by atoms with Gasteiger partial charge in [-0.1, -0.05) is 11.6 Å². The minimum absolute atomic E-state index is 0.319. The number of hydrogen-bond acceptors (Lipinski definition) is 4. The zero-order chi connectivity index (χ0) is 9.42. The van der Waals surface area contributed by atoms with Crippen molar-refractivity contribution in [2.75, 3.05) is 7.11 Å². The van der Waals surface area contributed by atoms with Crippen LogP contribution in [-0.4, -0.2) is 17.1 Å². The maximum atomic E-state index is 5.93. The summed E-state index contributed by atoms with van der Waals surface area (Å²) in [4.78, 5) is 10.2. The fraction of sp³-hybridized carbons (Fsp3) is 0.250. The standard InChI is InChI=1S/C8H7ClN2OS/c1-4-3-5-6(9)10-8(12-2)11-7(5)13-4/h3H,1-2H3. The van der Waals surface area contributed by atoms with Crippen molar-refractivity contribution in [2.24, 2.45) is 0 Å². The van der Waals surface area contributed by atoms with E-state index in [0.29, 0.717) is 11.2 Å². The van der Waals surface area contributed by atoms with Gasteiger partial charge in [-0.25, -0.2) is 0 Å². The van der Waals surface area contributed by atoms with Gasteiger partial charge in [0.1, 0.15) is 9.98 Å². The summed E-state index contributed by atoms with van der Waals surface area (Å²) in [7, 11) is 1.53. The lowest BCUT2D eigenvalue weighted by atomic mass is 10.4. The lowest BCUT2D eigenvalue weighted by Crippen LogP contribution is -1.91. The van der Waals surface area contributed by atoms with Gasteiger partial charge in [0, 0.05) is 10.3 Å². The van der Waals surface area contributed by atoms with Crippen molar-refractivity contribution in [3.8, 4) is 6.01 Å². The molecule has 0 N–H and O–H groups in total. The molecular formula is C8H7ClN2OS. The molecule has 2 aromatic heterocycles. The first kappa shape index (κ1) is 8.72. The van der Waals surface area contributed by atoms with Crippen LogP contribution in [0.3, 0.4) is 0 Å². The lowest BCUT2D eigenvalue weighted by Gasteiger charge is -1.97. The molecule has 3 nitrogen and oxygen atoms in total. The summed E-state index contributed by atoms with van der Waals surface area (Å²) in [5.74, 6) is 0. The summed E-state index contributed by atoms with van der Waals surface area (Å²) < 4.78 is 4.91. The second-order valence-electron chi connectivity index (χ2n) is 2.58. The molecule has 68 valence electrons. The van der Waals surface area contributed by atoms with E-state index >= 15 is 0 Å². The highest BCUT2D eigenvalue weighted by Gasteiger charge is 2.08. The quantitative estimate of drug-likeness (QED) is 0.685. The molecule has 0 spiro atoms. The Bertz CT molecular complexity index is 455. The van der Waals surface area contributed by atoms with E-state index in [1.165, 1.54) is 12.0 Å². The molecule has 0 aliphatic heterocycles. The Morgan fingerprint density at radius 2 is 2.23 bits per heavy atom. The fourth-order valence-electron chi connectivity index (χ4n) is 1.08. The number of methoxy groups -OCH3 is 1. The van der Waals surface area contributed by atoms with Crippen LogP contribution < -0.4 is 4.74 Å². The smallest absolute Gasteiger partial charge is 0.318 e. The number of thiophene rings is 1. The van der Waals surface area contributed by atoms with Gasteiger partial charge < -0.3 is 4.74 Å². The predicted molar refractivity (Wildman–Crippen MR) is 53.7 cm³/mol. The molecule has 0 aliphatic carbocycles. The van der Waals surface area contributed by atoms with Crippen LogP contribution in [0.4, 0.5) is 0 Å².